The molecule has 0 aliphatic carbocycles. The fraction of sp³-hybridized carbons (Fsp3) is 0.423. The molecular weight excluding hydrogens is 404 g/mol. The number of likely N-dealkylation sites (N-methyl/N-ethyl adjacent to an activating group) is 1. The number of nitrogens with zero attached hydrogens (tertiary/aromatic N) is 2. The lowest BCUT2D eigenvalue weighted by Crippen LogP contribution is -2.44. The first kappa shape index (κ1) is 22.4. The third kappa shape index (κ3) is 5.14. The minimum Gasteiger partial charge on any atom is -0.494 e. The van der Waals surface area contributed by atoms with Crippen molar-refractivity contribution in [2.45, 2.75) is 20.3 Å². The highest BCUT2D eigenvalue weighted by atomic mass is 16.5. The smallest absolute Gasteiger partial charge is 0.232 e. The molecule has 0 radical (unpaired) electrons. The van der Waals surface area contributed by atoms with Crippen LogP contribution < -0.4 is 9.47 Å². The van der Waals surface area contributed by atoms with Gasteiger partial charge in [-0.25, -0.2) is 0 Å². The molecule has 0 atom stereocenters. The van der Waals surface area contributed by atoms with Gasteiger partial charge in [-0.1, -0.05) is 11.6 Å². The quantitative estimate of drug-likeness (QED) is 0.366. The van der Waals surface area contributed by atoms with E-state index in [4.69, 9.17) is 13.9 Å². The maximum absolute atomic E-state index is 13.3. The summed E-state index contributed by atoms with van der Waals surface area (Å²) in [5.74, 6) is 1.36. The van der Waals surface area contributed by atoms with Gasteiger partial charge in [0.25, 0.3) is 0 Å². The van der Waals surface area contributed by atoms with Crippen LogP contribution in [0.5, 0.6) is 11.5 Å². The lowest BCUT2D eigenvalue weighted by molar-refractivity contribution is 0.100. The second-order valence-electron chi connectivity index (χ2n) is 8.39. The molecule has 0 N–H and O–H groups in total. The number of hydrogen-bond acceptors (Lipinski definition) is 6. The number of ketones is 1. The molecule has 1 aliphatic heterocycles. The van der Waals surface area contributed by atoms with Gasteiger partial charge in [-0.15, -0.1) is 0 Å². The van der Waals surface area contributed by atoms with Gasteiger partial charge in [0.15, 0.2) is 5.75 Å². The highest BCUT2D eigenvalue weighted by molar-refractivity contribution is 6.12. The van der Waals surface area contributed by atoms with Crippen molar-refractivity contribution < 1.29 is 18.7 Å². The van der Waals surface area contributed by atoms with Crippen molar-refractivity contribution in [1.82, 2.24) is 9.80 Å². The fourth-order valence-electron chi connectivity index (χ4n) is 4.02. The Bertz CT molecular complexity index is 1050. The molecule has 0 saturated carbocycles. The van der Waals surface area contributed by atoms with E-state index < -0.39 is 0 Å². The van der Waals surface area contributed by atoms with Gasteiger partial charge >= 0.3 is 0 Å². The van der Waals surface area contributed by atoms with Crippen molar-refractivity contribution >= 4 is 16.8 Å². The summed E-state index contributed by atoms with van der Waals surface area (Å²) in [6, 6.07) is 13.0. The van der Waals surface area contributed by atoms with Crippen LogP contribution in [0.15, 0.2) is 46.9 Å². The van der Waals surface area contributed by atoms with Crippen LogP contribution >= 0.6 is 0 Å². The number of hydrogen-bond donors (Lipinski definition) is 0. The molecule has 170 valence electrons. The Morgan fingerprint density at radius 1 is 1.03 bits per heavy atom. The molecule has 0 bridgehead atoms. The highest BCUT2D eigenvalue weighted by Gasteiger charge is 2.24. The predicted octanol–water partition coefficient (Wildman–Crippen LogP) is 4.39. The number of benzene rings is 2. The zero-order valence-electron chi connectivity index (χ0n) is 19.2. The first-order valence-electron chi connectivity index (χ1n) is 11.4. The Kier molecular flexibility index (Phi) is 7.12. The molecule has 6 nitrogen and oxygen atoms in total. The summed E-state index contributed by atoms with van der Waals surface area (Å²) in [6.45, 7) is 10.5. The molecule has 6 heteroatoms. The number of fused-ring (bicyclic) bond motifs is 1. The van der Waals surface area contributed by atoms with Crippen molar-refractivity contribution in [2.75, 3.05) is 53.0 Å². The number of piperazine rings is 1. The number of carbonyl (C=O) groups excluding carboxylic acids is 1. The number of rotatable bonds is 9. The molecule has 0 unspecified atom stereocenters. The maximum Gasteiger partial charge on any atom is 0.232 e. The van der Waals surface area contributed by atoms with Crippen LogP contribution in [0.1, 0.15) is 35.0 Å². The number of ether oxygens (including phenoxy) is 2. The van der Waals surface area contributed by atoms with Crippen molar-refractivity contribution in [2.24, 2.45) is 0 Å². The Morgan fingerprint density at radius 2 is 1.78 bits per heavy atom. The van der Waals surface area contributed by atoms with E-state index in [0.717, 1.165) is 55.8 Å². The molecule has 2 heterocycles. The minimum atomic E-state index is -0.184. The topological polar surface area (TPSA) is 55.2 Å². The summed E-state index contributed by atoms with van der Waals surface area (Å²) >= 11 is 0. The summed E-state index contributed by atoms with van der Waals surface area (Å²) < 4.78 is 17.7. The predicted molar refractivity (Wildman–Crippen MR) is 126 cm³/mol. The Hall–Kier alpha value is -2.83. The monoisotopic (exact) mass is 436 g/mol. The second-order valence-corrected chi connectivity index (χ2v) is 8.39. The van der Waals surface area contributed by atoms with Gasteiger partial charge in [0.2, 0.25) is 11.5 Å². The Balaban J connectivity index is 1.50. The largest absolute Gasteiger partial charge is 0.494 e. The summed E-state index contributed by atoms with van der Waals surface area (Å²) in [7, 11) is 2.16. The highest BCUT2D eigenvalue weighted by Crippen LogP contribution is 2.35. The van der Waals surface area contributed by atoms with Gasteiger partial charge < -0.3 is 23.7 Å². The first-order valence-corrected chi connectivity index (χ1v) is 11.4. The molecule has 32 heavy (non-hydrogen) atoms. The number of aryl methyl sites for hydroxylation is 1. The van der Waals surface area contributed by atoms with E-state index in [9.17, 15) is 4.79 Å². The average Bonchev–Trinajstić information content (AvgIpc) is 3.16. The standard InChI is InChI=1S/C26H32N2O4/c1-4-30-21-9-7-20(8-10-21)24(29)26-25(22-18-19(2)6-11-23(22)32-26)31-17-5-12-28-15-13-27(3)14-16-28/h6-11,18H,4-5,12-17H2,1-3H3. The Labute approximate surface area is 189 Å². The van der Waals surface area contributed by atoms with Gasteiger partial charge in [0, 0.05) is 38.3 Å². The molecule has 2 aromatic carbocycles. The molecular formula is C26H32N2O4. The third-order valence-corrected chi connectivity index (χ3v) is 5.89. The van der Waals surface area contributed by atoms with Crippen LogP contribution in [0.25, 0.3) is 11.0 Å². The molecule has 1 aliphatic rings. The summed E-state index contributed by atoms with van der Waals surface area (Å²) in [5, 5.41) is 0.846. The van der Waals surface area contributed by atoms with E-state index in [1.807, 2.05) is 32.0 Å². The fourth-order valence-corrected chi connectivity index (χ4v) is 4.02. The van der Waals surface area contributed by atoms with Crippen molar-refractivity contribution in [3.05, 3.63) is 59.4 Å². The summed E-state index contributed by atoms with van der Waals surface area (Å²) in [5.41, 5.74) is 2.31. The summed E-state index contributed by atoms with van der Waals surface area (Å²) in [4.78, 5) is 18.1. The zero-order valence-corrected chi connectivity index (χ0v) is 19.2. The van der Waals surface area contributed by atoms with E-state index >= 15 is 0 Å². The van der Waals surface area contributed by atoms with Crippen LogP contribution in [-0.2, 0) is 0 Å². The van der Waals surface area contributed by atoms with Crippen LogP contribution in [-0.4, -0.2) is 68.6 Å². The van der Waals surface area contributed by atoms with E-state index in [-0.39, 0.29) is 11.5 Å². The van der Waals surface area contributed by atoms with Crippen LogP contribution in [0.2, 0.25) is 0 Å². The van der Waals surface area contributed by atoms with Gasteiger partial charge in [-0.05, 0) is 63.7 Å². The maximum atomic E-state index is 13.3. The first-order chi connectivity index (χ1) is 15.5. The van der Waals surface area contributed by atoms with Crippen molar-refractivity contribution in [3.63, 3.8) is 0 Å². The minimum absolute atomic E-state index is 0.184. The molecule has 1 aromatic heterocycles. The SMILES string of the molecule is CCOc1ccc(C(=O)c2oc3ccc(C)cc3c2OCCCN2CCN(C)CC2)cc1. The van der Waals surface area contributed by atoms with Crippen LogP contribution in [0.3, 0.4) is 0 Å². The van der Waals surface area contributed by atoms with Crippen molar-refractivity contribution in [3.8, 4) is 11.5 Å². The third-order valence-electron chi connectivity index (χ3n) is 5.89. The lowest BCUT2D eigenvalue weighted by Gasteiger charge is -2.32. The molecule has 0 spiro atoms. The Morgan fingerprint density at radius 3 is 2.50 bits per heavy atom. The van der Waals surface area contributed by atoms with E-state index in [1.54, 1.807) is 24.3 Å². The van der Waals surface area contributed by atoms with E-state index in [0.29, 0.717) is 30.1 Å². The van der Waals surface area contributed by atoms with Gasteiger partial charge in [-0.2, -0.15) is 0 Å². The zero-order chi connectivity index (χ0) is 22.5. The molecule has 1 fully saturated rings. The van der Waals surface area contributed by atoms with Gasteiger partial charge in [0.1, 0.15) is 11.3 Å². The normalized spacial score (nSPS) is 15.2. The molecule has 0 amide bonds. The van der Waals surface area contributed by atoms with E-state index in [1.165, 1.54) is 0 Å². The lowest BCUT2D eigenvalue weighted by atomic mass is 10.1. The average molecular weight is 437 g/mol. The van der Waals surface area contributed by atoms with Gasteiger partial charge in [-0.3, -0.25) is 4.79 Å². The van der Waals surface area contributed by atoms with E-state index in [2.05, 4.69) is 16.8 Å². The summed E-state index contributed by atoms with van der Waals surface area (Å²) in [6.07, 6.45) is 0.902. The van der Waals surface area contributed by atoms with Gasteiger partial charge in [0.05, 0.1) is 18.6 Å². The van der Waals surface area contributed by atoms with Crippen molar-refractivity contribution in [1.29, 1.82) is 0 Å². The number of carbonyl (C=O) groups is 1. The molecule has 4 rings (SSSR count). The second kappa shape index (κ2) is 10.2. The van der Waals surface area contributed by atoms with Crippen LogP contribution in [0.4, 0.5) is 0 Å². The molecule has 1 saturated heterocycles. The molecule has 3 aromatic rings. The number of furan rings is 1. The van der Waals surface area contributed by atoms with Crippen LogP contribution in [0, 0.1) is 6.92 Å².